The van der Waals surface area contributed by atoms with Gasteiger partial charge in [-0.25, -0.2) is 8.42 Å². The van der Waals surface area contributed by atoms with E-state index in [2.05, 4.69) is 11.3 Å². The Bertz CT molecular complexity index is 451. The molecule has 2 fully saturated rings. The molecule has 0 unspecified atom stereocenters. The number of carbonyl (C=O) groups is 1. The average Bonchev–Trinajstić information content (AvgIpc) is 3.18. The van der Waals surface area contributed by atoms with Gasteiger partial charge in [-0.15, -0.1) is 6.58 Å². The second-order valence-corrected chi connectivity index (χ2v) is 7.57. The summed E-state index contributed by atoms with van der Waals surface area (Å²) >= 11 is 0. The van der Waals surface area contributed by atoms with Gasteiger partial charge in [0.05, 0.1) is 4.75 Å². The van der Waals surface area contributed by atoms with Crippen molar-refractivity contribution < 1.29 is 13.2 Å². The molecular formula is C13H21NO3S. The largest absolute Gasteiger partial charge is 0.274 e. The minimum absolute atomic E-state index is 0.0834. The van der Waals surface area contributed by atoms with Crippen LogP contribution in [0.5, 0.6) is 0 Å². The van der Waals surface area contributed by atoms with Gasteiger partial charge < -0.3 is 0 Å². The van der Waals surface area contributed by atoms with E-state index in [1.807, 2.05) is 6.92 Å². The lowest BCUT2D eigenvalue weighted by Crippen LogP contribution is -2.40. The van der Waals surface area contributed by atoms with Crippen LogP contribution >= 0.6 is 0 Å². The van der Waals surface area contributed by atoms with Crippen molar-refractivity contribution in [1.82, 2.24) is 4.72 Å². The van der Waals surface area contributed by atoms with Crippen molar-refractivity contribution in [3.05, 3.63) is 12.7 Å². The maximum Gasteiger partial charge on any atom is 0.240 e. The SMILES string of the molecule is C=CCCC1(S(=O)(=O)NC(=O)[C@H]2C[C@H]2CC)CC1. The Morgan fingerprint density at radius 1 is 1.50 bits per heavy atom. The van der Waals surface area contributed by atoms with Crippen molar-refractivity contribution in [2.24, 2.45) is 11.8 Å². The molecule has 2 aliphatic carbocycles. The molecule has 0 bridgehead atoms. The highest BCUT2D eigenvalue weighted by Gasteiger charge is 2.55. The fraction of sp³-hybridized carbons (Fsp3) is 0.769. The number of amides is 1. The molecule has 0 aliphatic heterocycles. The Balaban J connectivity index is 1.95. The lowest BCUT2D eigenvalue weighted by atomic mass is 10.2. The van der Waals surface area contributed by atoms with Crippen LogP contribution in [0.4, 0.5) is 0 Å². The van der Waals surface area contributed by atoms with Crippen LogP contribution in [0, 0.1) is 11.8 Å². The second-order valence-electron chi connectivity index (χ2n) is 5.49. The van der Waals surface area contributed by atoms with Gasteiger partial charge in [-0.05, 0) is 38.0 Å². The highest BCUT2D eigenvalue weighted by molar-refractivity contribution is 7.91. The minimum atomic E-state index is -3.50. The van der Waals surface area contributed by atoms with Crippen LogP contribution in [-0.4, -0.2) is 19.1 Å². The topological polar surface area (TPSA) is 63.2 Å². The predicted molar refractivity (Wildman–Crippen MR) is 70.3 cm³/mol. The molecule has 1 N–H and O–H groups in total. The summed E-state index contributed by atoms with van der Waals surface area (Å²) in [6.07, 6.45) is 6.07. The van der Waals surface area contributed by atoms with E-state index in [4.69, 9.17) is 0 Å². The van der Waals surface area contributed by atoms with Crippen molar-refractivity contribution in [1.29, 1.82) is 0 Å². The van der Waals surface area contributed by atoms with Gasteiger partial charge in [0.15, 0.2) is 0 Å². The first kappa shape index (κ1) is 13.6. The number of allylic oxidation sites excluding steroid dienone is 1. The first-order valence-electron chi connectivity index (χ1n) is 6.63. The number of sulfonamides is 1. The molecule has 0 aromatic heterocycles. The van der Waals surface area contributed by atoms with E-state index in [0.717, 1.165) is 12.8 Å². The van der Waals surface area contributed by atoms with E-state index < -0.39 is 14.8 Å². The number of rotatable bonds is 7. The van der Waals surface area contributed by atoms with Gasteiger partial charge in [0, 0.05) is 5.92 Å². The Morgan fingerprint density at radius 2 is 2.17 bits per heavy atom. The molecule has 2 aliphatic rings. The molecule has 2 atom stereocenters. The third kappa shape index (κ3) is 2.46. The summed E-state index contributed by atoms with van der Waals surface area (Å²) in [5, 5.41) is 0. The van der Waals surface area contributed by atoms with E-state index in [0.29, 0.717) is 31.6 Å². The Morgan fingerprint density at radius 3 is 2.61 bits per heavy atom. The monoisotopic (exact) mass is 271 g/mol. The number of nitrogens with one attached hydrogen (secondary N) is 1. The number of carbonyl (C=O) groups excluding carboxylic acids is 1. The van der Waals surface area contributed by atoms with Crippen molar-refractivity contribution in [3.63, 3.8) is 0 Å². The van der Waals surface area contributed by atoms with Gasteiger partial charge in [0.25, 0.3) is 0 Å². The Hall–Kier alpha value is -0.840. The normalized spacial score (nSPS) is 28.5. The van der Waals surface area contributed by atoms with Crippen LogP contribution in [-0.2, 0) is 14.8 Å². The second kappa shape index (κ2) is 4.68. The van der Waals surface area contributed by atoms with Crippen LogP contribution in [0.2, 0.25) is 0 Å². The van der Waals surface area contributed by atoms with Crippen LogP contribution in [0.25, 0.3) is 0 Å². The van der Waals surface area contributed by atoms with E-state index in [-0.39, 0.29) is 11.8 Å². The fourth-order valence-corrected chi connectivity index (χ4v) is 4.15. The number of hydrogen-bond donors (Lipinski definition) is 1. The Kier molecular flexibility index (Phi) is 3.54. The van der Waals surface area contributed by atoms with Crippen LogP contribution in [0.1, 0.15) is 45.4 Å². The quantitative estimate of drug-likeness (QED) is 0.720. The standard InChI is InChI=1S/C13H21NO3S/c1-3-5-6-13(7-8-13)18(16,17)14-12(15)11-9-10(11)4-2/h3,10-11H,1,4-9H2,2H3,(H,14,15)/t10-,11+/m1/s1. The zero-order valence-corrected chi connectivity index (χ0v) is 11.6. The molecule has 0 aromatic carbocycles. The molecule has 2 saturated carbocycles. The summed E-state index contributed by atoms with van der Waals surface area (Å²) in [7, 11) is -3.50. The van der Waals surface area contributed by atoms with Gasteiger partial charge in [0.2, 0.25) is 15.9 Å². The Labute approximate surface area is 109 Å². The first-order chi connectivity index (χ1) is 8.46. The summed E-state index contributed by atoms with van der Waals surface area (Å²) in [6.45, 7) is 5.64. The van der Waals surface area contributed by atoms with Crippen molar-refractivity contribution in [2.45, 2.75) is 50.2 Å². The van der Waals surface area contributed by atoms with Crippen molar-refractivity contribution in [3.8, 4) is 0 Å². The molecular weight excluding hydrogens is 250 g/mol. The summed E-state index contributed by atoms with van der Waals surface area (Å²) in [5.41, 5.74) is 0. The molecule has 0 spiro atoms. The molecule has 0 radical (unpaired) electrons. The minimum Gasteiger partial charge on any atom is -0.274 e. The number of hydrogen-bond acceptors (Lipinski definition) is 3. The molecule has 0 heterocycles. The average molecular weight is 271 g/mol. The molecule has 5 heteroatoms. The molecule has 102 valence electrons. The van der Waals surface area contributed by atoms with Crippen molar-refractivity contribution in [2.75, 3.05) is 0 Å². The zero-order valence-electron chi connectivity index (χ0n) is 10.8. The molecule has 1 amide bonds. The van der Waals surface area contributed by atoms with Gasteiger partial charge in [-0.1, -0.05) is 19.4 Å². The molecule has 0 aromatic rings. The smallest absolute Gasteiger partial charge is 0.240 e. The van der Waals surface area contributed by atoms with E-state index in [1.54, 1.807) is 6.08 Å². The van der Waals surface area contributed by atoms with Crippen molar-refractivity contribution >= 4 is 15.9 Å². The predicted octanol–water partition coefficient (Wildman–Crippen LogP) is 1.98. The lowest BCUT2D eigenvalue weighted by Gasteiger charge is -2.16. The third-order valence-corrected chi connectivity index (χ3v) is 6.42. The van der Waals surface area contributed by atoms with Gasteiger partial charge in [0.1, 0.15) is 0 Å². The molecule has 18 heavy (non-hydrogen) atoms. The van der Waals surface area contributed by atoms with E-state index in [9.17, 15) is 13.2 Å². The first-order valence-corrected chi connectivity index (χ1v) is 8.11. The third-order valence-electron chi connectivity index (χ3n) is 4.20. The van der Waals surface area contributed by atoms with E-state index >= 15 is 0 Å². The van der Waals surface area contributed by atoms with Gasteiger partial charge >= 0.3 is 0 Å². The summed E-state index contributed by atoms with van der Waals surface area (Å²) in [4.78, 5) is 11.8. The van der Waals surface area contributed by atoms with Crippen LogP contribution in [0.3, 0.4) is 0 Å². The zero-order chi connectivity index (χ0) is 13.4. The summed E-state index contributed by atoms with van der Waals surface area (Å²) < 4.78 is 26.0. The highest BCUT2D eigenvalue weighted by atomic mass is 32.2. The van der Waals surface area contributed by atoms with Crippen LogP contribution < -0.4 is 4.72 Å². The van der Waals surface area contributed by atoms with Gasteiger partial charge in [-0.2, -0.15) is 0 Å². The van der Waals surface area contributed by atoms with E-state index in [1.165, 1.54) is 0 Å². The lowest BCUT2D eigenvalue weighted by molar-refractivity contribution is -0.120. The van der Waals surface area contributed by atoms with Gasteiger partial charge in [-0.3, -0.25) is 9.52 Å². The maximum atomic E-state index is 12.2. The highest BCUT2D eigenvalue weighted by Crippen LogP contribution is 2.48. The molecule has 2 rings (SSSR count). The molecule has 4 nitrogen and oxygen atoms in total. The summed E-state index contributed by atoms with van der Waals surface area (Å²) in [6, 6.07) is 0. The molecule has 0 saturated heterocycles. The maximum absolute atomic E-state index is 12.2. The van der Waals surface area contributed by atoms with Crippen LogP contribution in [0.15, 0.2) is 12.7 Å². The summed E-state index contributed by atoms with van der Waals surface area (Å²) in [5.74, 6) is -0.00441. The fourth-order valence-electron chi connectivity index (χ4n) is 2.49.